The van der Waals surface area contributed by atoms with Crippen molar-refractivity contribution in [3.63, 3.8) is 0 Å². The van der Waals surface area contributed by atoms with Crippen LogP contribution < -0.4 is 4.74 Å². The van der Waals surface area contributed by atoms with E-state index in [1.165, 1.54) is 22.3 Å². The Balaban J connectivity index is 0.000000148. The number of carbonyl (C=O) groups excluding carboxylic acids is 1. The Morgan fingerprint density at radius 3 is 1.56 bits per heavy atom. The first kappa shape index (κ1) is 29.9. The molecule has 0 radical (unpaired) electrons. The first-order valence-corrected chi connectivity index (χ1v) is 16.3. The van der Waals surface area contributed by atoms with E-state index < -0.39 is 5.41 Å². The molecule has 48 heavy (non-hydrogen) atoms. The minimum atomic E-state index is -0.410. The zero-order chi connectivity index (χ0) is 33.2. The van der Waals surface area contributed by atoms with E-state index in [1.54, 1.807) is 43.5 Å². The molecule has 0 aromatic heterocycles. The number of Topliss-reactive ketones (excluding diaryl/α,β-unsaturated/α-hetero) is 1. The van der Waals surface area contributed by atoms with Crippen molar-refractivity contribution < 1.29 is 30.0 Å². The normalized spacial score (nSPS) is 21.9. The molecule has 2 spiro atoms. The van der Waals surface area contributed by atoms with Crippen molar-refractivity contribution in [1.82, 2.24) is 0 Å². The third kappa shape index (κ3) is 5.00. The molecule has 4 N–H and O–H groups in total. The number of phenolic OH excluding ortho intramolecular Hbond substituents is 4. The Morgan fingerprint density at radius 1 is 0.521 bits per heavy atom. The molecule has 6 nitrogen and oxygen atoms in total. The van der Waals surface area contributed by atoms with Crippen LogP contribution in [0.4, 0.5) is 0 Å². The second-order valence-electron chi connectivity index (χ2n) is 13.9. The van der Waals surface area contributed by atoms with E-state index in [1.807, 2.05) is 48.5 Å². The van der Waals surface area contributed by atoms with Crippen LogP contribution in [0.15, 0.2) is 97.1 Å². The van der Waals surface area contributed by atoms with Gasteiger partial charge in [0.1, 0.15) is 28.7 Å². The lowest BCUT2D eigenvalue weighted by Gasteiger charge is -2.26. The highest BCUT2D eigenvalue weighted by Crippen LogP contribution is 2.56. The Hall–Kier alpha value is -5.49. The van der Waals surface area contributed by atoms with Crippen molar-refractivity contribution in [3.8, 4) is 28.7 Å². The van der Waals surface area contributed by atoms with Crippen molar-refractivity contribution in [3.05, 3.63) is 147 Å². The van der Waals surface area contributed by atoms with E-state index in [0.717, 1.165) is 65.7 Å². The Labute approximate surface area is 279 Å². The molecule has 0 bridgehead atoms. The molecule has 240 valence electrons. The van der Waals surface area contributed by atoms with Crippen LogP contribution in [0.5, 0.6) is 28.7 Å². The molecule has 2 atom stereocenters. The predicted octanol–water partition coefficient (Wildman–Crippen LogP) is 7.61. The number of phenols is 4. The predicted molar refractivity (Wildman–Crippen MR) is 185 cm³/mol. The highest BCUT2D eigenvalue weighted by molar-refractivity contribution is 6.06. The first-order chi connectivity index (χ1) is 23.1. The summed E-state index contributed by atoms with van der Waals surface area (Å²) in [4.78, 5) is 12.8. The molecular weight excluding hydrogens is 600 g/mol. The fraction of sp³-hybridized carbons (Fsp3) is 0.214. The SMILES string of the molecule is COc1ccc(/C=C2\c3cc(O)ccc3CC23Cc2ccc(O)cc2C3)cc1.O=C1c2cc(O)ccc2CC12Cc1ccc(O)cc1C2. The maximum absolute atomic E-state index is 12.8. The van der Waals surface area contributed by atoms with Crippen molar-refractivity contribution >= 4 is 17.4 Å². The molecular formula is C42H36O6. The van der Waals surface area contributed by atoms with Gasteiger partial charge in [-0.2, -0.15) is 0 Å². The molecule has 0 amide bonds. The van der Waals surface area contributed by atoms with E-state index in [0.29, 0.717) is 23.5 Å². The molecule has 0 saturated carbocycles. The van der Waals surface area contributed by atoms with Gasteiger partial charge in [0, 0.05) is 16.4 Å². The highest BCUT2D eigenvalue weighted by Gasteiger charge is 2.49. The van der Waals surface area contributed by atoms with E-state index in [4.69, 9.17) is 4.74 Å². The molecule has 5 aromatic carbocycles. The summed E-state index contributed by atoms with van der Waals surface area (Å²) in [6, 6.07) is 29.9. The first-order valence-electron chi connectivity index (χ1n) is 16.3. The molecule has 0 aliphatic heterocycles. The molecule has 0 fully saturated rings. The highest BCUT2D eigenvalue weighted by atomic mass is 16.5. The van der Waals surface area contributed by atoms with Crippen molar-refractivity contribution in [2.24, 2.45) is 10.8 Å². The van der Waals surface area contributed by atoms with Gasteiger partial charge in [-0.25, -0.2) is 0 Å². The molecule has 0 saturated heterocycles. The minimum Gasteiger partial charge on any atom is -0.508 e. The number of carbonyl (C=O) groups is 1. The smallest absolute Gasteiger partial charge is 0.170 e. The molecule has 4 aliphatic carbocycles. The number of methoxy groups -OCH3 is 1. The van der Waals surface area contributed by atoms with E-state index in [-0.39, 0.29) is 22.7 Å². The standard InChI is InChI=1S/C25H22O3.C17H14O3/c1-28-22-8-2-16(3-9-22)10-24-23-12-21(27)7-5-18(23)14-25(24)13-17-4-6-20(26)11-19(17)15-25;18-13-3-1-10-7-17(9-12(10)5-13)8-11-2-4-14(19)6-15(11)16(17)20/h2-12,26-27H,13-15H2,1H3;1-6,18-19H,7-9H2/b24-10+;. The number of ether oxygens (including phenoxy) is 1. The second kappa shape index (κ2) is 11.1. The number of ketones is 1. The summed E-state index contributed by atoms with van der Waals surface area (Å²) in [6.45, 7) is 0. The zero-order valence-electron chi connectivity index (χ0n) is 26.7. The lowest BCUT2D eigenvalue weighted by molar-refractivity contribution is 0.0831. The summed E-state index contributed by atoms with van der Waals surface area (Å²) in [7, 11) is 1.67. The Kier molecular flexibility index (Phi) is 6.88. The Bertz CT molecular complexity index is 2140. The van der Waals surface area contributed by atoms with Gasteiger partial charge in [0.05, 0.1) is 7.11 Å². The van der Waals surface area contributed by atoms with Crippen LogP contribution in [0.2, 0.25) is 0 Å². The lowest BCUT2D eigenvalue weighted by atomic mass is 9.77. The van der Waals surface area contributed by atoms with Crippen LogP contribution in [0.25, 0.3) is 11.6 Å². The average molecular weight is 637 g/mol. The summed E-state index contributed by atoms with van der Waals surface area (Å²) in [5.74, 6) is 1.97. The minimum absolute atomic E-state index is 0.0355. The second-order valence-corrected chi connectivity index (χ2v) is 13.9. The number of aromatic hydroxyl groups is 4. The van der Waals surface area contributed by atoms with Gasteiger partial charge in [-0.15, -0.1) is 0 Å². The van der Waals surface area contributed by atoms with Crippen molar-refractivity contribution in [2.45, 2.75) is 38.5 Å². The third-order valence-electron chi connectivity index (χ3n) is 10.8. The van der Waals surface area contributed by atoms with Gasteiger partial charge in [-0.05, 0) is 149 Å². The fourth-order valence-electron chi connectivity index (χ4n) is 8.56. The monoisotopic (exact) mass is 636 g/mol. The fourth-order valence-corrected chi connectivity index (χ4v) is 8.56. The van der Waals surface area contributed by atoms with Crippen LogP contribution in [-0.4, -0.2) is 33.3 Å². The summed E-state index contributed by atoms with van der Waals surface area (Å²) < 4.78 is 5.28. The molecule has 2 unspecified atom stereocenters. The van der Waals surface area contributed by atoms with E-state index >= 15 is 0 Å². The summed E-state index contributed by atoms with van der Waals surface area (Å²) in [6.07, 6.45) is 7.14. The number of hydrogen-bond donors (Lipinski definition) is 4. The van der Waals surface area contributed by atoms with Gasteiger partial charge >= 0.3 is 0 Å². The van der Waals surface area contributed by atoms with Crippen LogP contribution in [-0.2, 0) is 38.5 Å². The van der Waals surface area contributed by atoms with Crippen LogP contribution in [0.1, 0.15) is 54.9 Å². The number of fused-ring (bicyclic) bond motifs is 4. The number of benzene rings is 5. The summed E-state index contributed by atoms with van der Waals surface area (Å²) in [5.41, 5.74) is 10.7. The molecule has 4 aliphatic rings. The van der Waals surface area contributed by atoms with Gasteiger partial charge in [0.2, 0.25) is 0 Å². The lowest BCUT2D eigenvalue weighted by Crippen LogP contribution is -2.28. The average Bonchev–Trinajstić information content (AvgIpc) is 3.78. The van der Waals surface area contributed by atoms with Gasteiger partial charge in [0.25, 0.3) is 0 Å². The zero-order valence-corrected chi connectivity index (χ0v) is 26.7. The number of rotatable bonds is 2. The van der Waals surface area contributed by atoms with E-state index in [9.17, 15) is 25.2 Å². The molecule has 6 heteroatoms. The van der Waals surface area contributed by atoms with Crippen LogP contribution >= 0.6 is 0 Å². The quantitative estimate of drug-likeness (QED) is 0.159. The van der Waals surface area contributed by atoms with Crippen molar-refractivity contribution in [2.75, 3.05) is 7.11 Å². The van der Waals surface area contributed by atoms with Gasteiger partial charge < -0.3 is 25.2 Å². The maximum Gasteiger partial charge on any atom is 0.170 e. The van der Waals surface area contributed by atoms with Gasteiger partial charge in [-0.1, -0.05) is 42.5 Å². The van der Waals surface area contributed by atoms with Gasteiger partial charge in [-0.3, -0.25) is 4.79 Å². The van der Waals surface area contributed by atoms with Crippen LogP contribution in [0.3, 0.4) is 0 Å². The third-order valence-corrected chi connectivity index (χ3v) is 10.8. The Morgan fingerprint density at radius 2 is 0.958 bits per heavy atom. The molecule has 9 rings (SSSR count). The number of hydrogen-bond acceptors (Lipinski definition) is 6. The topological polar surface area (TPSA) is 107 Å². The molecule has 0 heterocycles. The van der Waals surface area contributed by atoms with E-state index in [2.05, 4.69) is 18.2 Å². The summed E-state index contributed by atoms with van der Waals surface area (Å²) in [5, 5.41) is 39.2. The summed E-state index contributed by atoms with van der Waals surface area (Å²) >= 11 is 0. The number of allylic oxidation sites excluding steroid dienone is 1. The van der Waals surface area contributed by atoms with Gasteiger partial charge in [0.15, 0.2) is 5.78 Å². The van der Waals surface area contributed by atoms with Crippen molar-refractivity contribution in [1.29, 1.82) is 0 Å². The largest absolute Gasteiger partial charge is 0.508 e. The molecule has 5 aromatic rings. The maximum atomic E-state index is 12.8. The van der Waals surface area contributed by atoms with Crippen LogP contribution in [0, 0.1) is 10.8 Å².